The van der Waals surface area contributed by atoms with Crippen LogP contribution in [0.4, 0.5) is 26.7 Å². The summed E-state index contributed by atoms with van der Waals surface area (Å²) in [5.41, 5.74) is 2.99. The van der Waals surface area contributed by atoms with E-state index < -0.39 is 64.6 Å². The van der Waals surface area contributed by atoms with Crippen LogP contribution in [0, 0.1) is 29.1 Å². The molecule has 1 aliphatic rings. The van der Waals surface area contributed by atoms with Crippen LogP contribution < -0.4 is 10.1 Å². The maximum absolute atomic E-state index is 14.2. The Morgan fingerprint density at radius 2 is 1.30 bits per heavy atom. The van der Waals surface area contributed by atoms with E-state index in [4.69, 9.17) is 9.47 Å². The summed E-state index contributed by atoms with van der Waals surface area (Å²) in [6.07, 6.45) is -2.26. The number of rotatable bonds is 7. The Balaban J connectivity index is 1.54. The fourth-order valence-corrected chi connectivity index (χ4v) is 4.60. The van der Waals surface area contributed by atoms with Gasteiger partial charge in [-0.05, 0) is 49.9 Å². The summed E-state index contributed by atoms with van der Waals surface area (Å²) in [6, 6.07) is 13.5. The number of ether oxygens (including phenoxy) is 3. The molecule has 1 amide bonds. The van der Waals surface area contributed by atoms with Crippen LogP contribution in [-0.4, -0.2) is 36.4 Å². The smallest absolute Gasteiger partial charge is 0.407 e. The zero-order valence-electron chi connectivity index (χ0n) is 22.0. The van der Waals surface area contributed by atoms with E-state index in [9.17, 15) is 31.5 Å². The second-order valence-corrected chi connectivity index (χ2v) is 10.2. The number of alkyl carbamates (subject to hydrolysis) is 1. The third kappa shape index (κ3) is 5.79. The van der Waals surface area contributed by atoms with E-state index >= 15 is 0 Å². The predicted octanol–water partition coefficient (Wildman–Crippen LogP) is 6.40. The van der Waals surface area contributed by atoms with Crippen LogP contribution in [0.1, 0.15) is 44.7 Å². The molecule has 3 aromatic carbocycles. The molecule has 212 valence electrons. The summed E-state index contributed by atoms with van der Waals surface area (Å²) in [4.78, 5) is 25.8. The van der Waals surface area contributed by atoms with Crippen molar-refractivity contribution >= 4 is 12.1 Å². The molecule has 0 spiro atoms. The van der Waals surface area contributed by atoms with Gasteiger partial charge in [0.2, 0.25) is 34.8 Å². The van der Waals surface area contributed by atoms with E-state index in [1.54, 1.807) is 20.8 Å². The van der Waals surface area contributed by atoms with Crippen LogP contribution in [0.15, 0.2) is 48.5 Å². The number of hydrogen-bond donors (Lipinski definition) is 1. The Kier molecular flexibility index (Phi) is 8.15. The molecule has 0 bridgehead atoms. The average molecular weight is 564 g/mol. The van der Waals surface area contributed by atoms with Gasteiger partial charge in [-0.1, -0.05) is 48.5 Å². The van der Waals surface area contributed by atoms with Crippen molar-refractivity contribution in [2.75, 3.05) is 6.61 Å². The number of hydrogen-bond acceptors (Lipinski definition) is 5. The molecule has 11 heteroatoms. The highest BCUT2D eigenvalue weighted by atomic mass is 19.2. The van der Waals surface area contributed by atoms with Gasteiger partial charge in [0.1, 0.15) is 6.61 Å². The maximum atomic E-state index is 14.2. The largest absolute Gasteiger partial charge is 0.449 e. The number of amides is 1. The molecule has 2 atom stereocenters. The van der Waals surface area contributed by atoms with Gasteiger partial charge in [0, 0.05) is 5.92 Å². The molecule has 0 radical (unpaired) electrons. The third-order valence-corrected chi connectivity index (χ3v) is 6.25. The molecule has 0 saturated heterocycles. The molecule has 6 nitrogen and oxygen atoms in total. The lowest BCUT2D eigenvalue weighted by atomic mass is 9.98. The van der Waals surface area contributed by atoms with Gasteiger partial charge in [-0.3, -0.25) is 0 Å². The number of fused-ring (bicyclic) bond motifs is 3. The highest BCUT2D eigenvalue weighted by molar-refractivity contribution is 5.84. The number of esters is 1. The highest BCUT2D eigenvalue weighted by Gasteiger charge is 2.36. The molecule has 0 saturated carbocycles. The summed E-state index contributed by atoms with van der Waals surface area (Å²) in [5, 5.41) is 2.24. The van der Waals surface area contributed by atoms with Gasteiger partial charge in [0.05, 0.1) is 11.7 Å². The summed E-state index contributed by atoms with van der Waals surface area (Å²) >= 11 is 0. The van der Waals surface area contributed by atoms with Crippen molar-refractivity contribution in [3.8, 4) is 16.9 Å². The zero-order valence-corrected chi connectivity index (χ0v) is 22.0. The first kappa shape index (κ1) is 29.0. The van der Waals surface area contributed by atoms with Crippen molar-refractivity contribution in [1.82, 2.24) is 5.32 Å². The van der Waals surface area contributed by atoms with Crippen molar-refractivity contribution in [2.45, 2.75) is 51.4 Å². The lowest BCUT2D eigenvalue weighted by Crippen LogP contribution is -2.52. The van der Waals surface area contributed by atoms with E-state index in [1.807, 2.05) is 48.5 Å². The second kappa shape index (κ2) is 11.2. The summed E-state index contributed by atoms with van der Waals surface area (Å²) in [7, 11) is 0. The van der Waals surface area contributed by atoms with E-state index in [1.165, 1.54) is 6.92 Å². The van der Waals surface area contributed by atoms with Gasteiger partial charge < -0.3 is 19.5 Å². The topological polar surface area (TPSA) is 73.9 Å². The number of halogens is 5. The summed E-state index contributed by atoms with van der Waals surface area (Å²) in [5.74, 6) is -15.3. The minimum Gasteiger partial charge on any atom is -0.449 e. The Bertz CT molecular complexity index is 1380. The number of carbonyl (C=O) groups is 2. The van der Waals surface area contributed by atoms with Gasteiger partial charge in [0.25, 0.3) is 0 Å². The summed E-state index contributed by atoms with van der Waals surface area (Å²) < 4.78 is 84.7. The predicted molar refractivity (Wildman–Crippen MR) is 134 cm³/mol. The second-order valence-electron chi connectivity index (χ2n) is 10.2. The van der Waals surface area contributed by atoms with Crippen LogP contribution in [0.25, 0.3) is 11.1 Å². The Morgan fingerprint density at radius 3 is 1.80 bits per heavy atom. The van der Waals surface area contributed by atoms with E-state index in [0.29, 0.717) is 0 Å². The van der Waals surface area contributed by atoms with Crippen molar-refractivity contribution in [2.24, 2.45) is 0 Å². The highest BCUT2D eigenvalue weighted by Crippen LogP contribution is 2.44. The van der Waals surface area contributed by atoms with Crippen molar-refractivity contribution in [1.29, 1.82) is 0 Å². The normalized spacial score (nSPS) is 14.2. The van der Waals surface area contributed by atoms with Gasteiger partial charge in [-0.15, -0.1) is 0 Å². The first-order valence-corrected chi connectivity index (χ1v) is 12.3. The van der Waals surface area contributed by atoms with Crippen molar-refractivity contribution in [3.05, 3.63) is 88.7 Å². The molecule has 1 N–H and O–H groups in total. The van der Waals surface area contributed by atoms with E-state index in [0.717, 1.165) is 22.3 Å². The quantitative estimate of drug-likeness (QED) is 0.118. The first-order chi connectivity index (χ1) is 18.8. The molecule has 0 aliphatic heterocycles. The number of carbonyl (C=O) groups excluding carboxylic acids is 2. The Hall–Kier alpha value is -3.99. The fraction of sp³-hybridized carbons (Fsp3) is 0.310. The molecule has 0 fully saturated rings. The van der Waals surface area contributed by atoms with Gasteiger partial charge in [-0.25, -0.2) is 22.8 Å². The first-order valence-electron chi connectivity index (χ1n) is 12.3. The van der Waals surface area contributed by atoms with Crippen molar-refractivity contribution in [3.63, 3.8) is 0 Å². The van der Waals surface area contributed by atoms with Crippen LogP contribution in [0.3, 0.4) is 0 Å². The standard InChI is InChI=1S/C29H26F5NO5/c1-14(40-29(2,3)4)25(27(36)39-26-23(33)21(31)20(30)22(32)24(26)34)35-28(37)38-13-19-17-11-7-5-9-15(17)16-10-6-8-12-18(16)19/h5-12,14,19,25H,13H2,1-4H3,(H,35,37)/t14-,25+/m0/s1. The third-order valence-electron chi connectivity index (χ3n) is 6.25. The fourth-order valence-electron chi connectivity index (χ4n) is 4.60. The Morgan fingerprint density at radius 1 is 0.825 bits per heavy atom. The zero-order chi connectivity index (χ0) is 29.4. The Labute approximate surface area is 227 Å². The van der Waals surface area contributed by atoms with E-state index in [-0.39, 0.29) is 12.5 Å². The molecule has 3 aromatic rings. The monoisotopic (exact) mass is 563 g/mol. The van der Waals surface area contributed by atoms with Crippen LogP contribution in [0.5, 0.6) is 5.75 Å². The molecule has 0 heterocycles. The number of benzene rings is 3. The summed E-state index contributed by atoms with van der Waals surface area (Å²) in [6.45, 7) is 6.17. The molecular formula is C29H26F5NO5. The number of nitrogens with one attached hydrogen (secondary N) is 1. The minimum absolute atomic E-state index is 0.117. The SMILES string of the molecule is C[C@H](OC(C)(C)C)[C@@H](NC(=O)OCC1c2ccccc2-c2ccccc21)C(=O)Oc1c(F)c(F)c(F)c(F)c1F. The molecule has 0 aromatic heterocycles. The molecule has 4 rings (SSSR count). The lowest BCUT2D eigenvalue weighted by Gasteiger charge is -2.30. The van der Waals surface area contributed by atoms with E-state index in [2.05, 4.69) is 10.1 Å². The van der Waals surface area contributed by atoms with Crippen molar-refractivity contribution < 1.29 is 45.8 Å². The minimum atomic E-state index is -2.41. The molecule has 40 heavy (non-hydrogen) atoms. The average Bonchev–Trinajstić information content (AvgIpc) is 3.23. The van der Waals surface area contributed by atoms with Crippen LogP contribution in [0.2, 0.25) is 0 Å². The molecule has 0 unspecified atom stereocenters. The van der Waals surface area contributed by atoms with Gasteiger partial charge in [0.15, 0.2) is 6.04 Å². The van der Waals surface area contributed by atoms with Gasteiger partial charge >= 0.3 is 12.1 Å². The maximum Gasteiger partial charge on any atom is 0.407 e. The lowest BCUT2D eigenvalue weighted by molar-refractivity contribution is -0.144. The van der Waals surface area contributed by atoms with Crippen LogP contribution in [-0.2, 0) is 14.3 Å². The molecule has 1 aliphatic carbocycles. The van der Waals surface area contributed by atoms with Gasteiger partial charge in [-0.2, -0.15) is 8.78 Å². The van der Waals surface area contributed by atoms with Crippen LogP contribution >= 0.6 is 0 Å². The molecular weight excluding hydrogens is 537 g/mol.